The van der Waals surface area contributed by atoms with Crippen molar-refractivity contribution in [3.63, 3.8) is 0 Å². The van der Waals surface area contributed by atoms with Crippen molar-refractivity contribution in [2.45, 2.75) is 13.8 Å². The summed E-state index contributed by atoms with van der Waals surface area (Å²) in [5, 5.41) is 0.723. The van der Waals surface area contributed by atoms with Gasteiger partial charge in [0.05, 0.1) is 10.7 Å². The summed E-state index contributed by atoms with van der Waals surface area (Å²) in [4.78, 5) is 4.13. The van der Waals surface area contributed by atoms with E-state index >= 15 is 0 Å². The number of rotatable bonds is 2. The molecule has 0 fully saturated rings. The summed E-state index contributed by atoms with van der Waals surface area (Å²) in [6.45, 7) is 4.20. The lowest BCUT2D eigenvalue weighted by Crippen LogP contribution is -1.94. The smallest absolute Gasteiger partial charge is 0.0629 e. The van der Waals surface area contributed by atoms with E-state index in [4.69, 9.17) is 11.6 Å². The highest BCUT2D eigenvalue weighted by molar-refractivity contribution is 6.31. The minimum atomic E-state index is 0.488. The van der Waals surface area contributed by atoms with Crippen LogP contribution >= 0.6 is 11.6 Å². The topological polar surface area (TPSA) is 12.9 Å². The van der Waals surface area contributed by atoms with Gasteiger partial charge in [-0.2, -0.15) is 0 Å². The molecule has 2 heteroatoms. The molecular weight excluding hydrogens is 158 g/mol. The Labute approximate surface area is 72.4 Å². The molecule has 59 valence electrons. The first-order chi connectivity index (χ1) is 5.20. The Morgan fingerprint density at radius 1 is 1.55 bits per heavy atom. The molecule has 0 bridgehead atoms. The lowest BCUT2D eigenvalue weighted by atomic mass is 10.1. The molecule has 0 unspecified atom stereocenters. The van der Waals surface area contributed by atoms with Gasteiger partial charge in [0.25, 0.3) is 0 Å². The van der Waals surface area contributed by atoms with Gasteiger partial charge in [0.2, 0.25) is 0 Å². The predicted molar refractivity (Wildman–Crippen MR) is 47.5 cm³/mol. The molecule has 11 heavy (non-hydrogen) atoms. The Balaban J connectivity index is 2.78. The van der Waals surface area contributed by atoms with Crippen molar-refractivity contribution < 1.29 is 0 Å². The van der Waals surface area contributed by atoms with Crippen LogP contribution in [-0.4, -0.2) is 4.98 Å². The third-order valence-corrected chi connectivity index (χ3v) is 1.60. The van der Waals surface area contributed by atoms with Crippen LogP contribution in [0.4, 0.5) is 0 Å². The largest absolute Gasteiger partial charge is 0.259 e. The predicted octanol–water partition coefficient (Wildman–Crippen LogP) is 2.94. The summed E-state index contributed by atoms with van der Waals surface area (Å²) in [6, 6.07) is 3.68. The average molecular weight is 169 g/mol. The quantitative estimate of drug-likeness (QED) is 0.662. The molecule has 1 nitrogen and oxygen atoms in total. The van der Waals surface area contributed by atoms with Crippen LogP contribution in [0, 0.1) is 12.3 Å². The first-order valence-corrected chi connectivity index (χ1v) is 4.03. The van der Waals surface area contributed by atoms with E-state index in [-0.39, 0.29) is 0 Å². The van der Waals surface area contributed by atoms with Crippen LogP contribution in [0.5, 0.6) is 0 Å². The second kappa shape index (κ2) is 3.72. The molecule has 0 aliphatic carbocycles. The molecule has 0 aliphatic heterocycles. The maximum atomic E-state index is 5.87. The summed E-state index contributed by atoms with van der Waals surface area (Å²) in [5.74, 6) is 0.488. The van der Waals surface area contributed by atoms with Gasteiger partial charge in [-0.15, -0.1) is 0 Å². The number of pyridine rings is 1. The highest BCUT2D eigenvalue weighted by atomic mass is 35.5. The maximum Gasteiger partial charge on any atom is 0.0629 e. The molecule has 0 spiro atoms. The first-order valence-electron chi connectivity index (χ1n) is 3.65. The highest BCUT2D eigenvalue weighted by Crippen LogP contribution is 2.17. The summed E-state index contributed by atoms with van der Waals surface area (Å²) in [7, 11) is 0. The van der Waals surface area contributed by atoms with Crippen molar-refractivity contribution in [3.8, 4) is 0 Å². The van der Waals surface area contributed by atoms with E-state index in [1.54, 1.807) is 6.20 Å². The Morgan fingerprint density at radius 3 is 2.82 bits per heavy atom. The number of nitrogens with zero attached hydrogens (tertiary/aromatic N) is 1. The Kier molecular flexibility index (Phi) is 2.89. The third-order valence-electron chi connectivity index (χ3n) is 1.28. The van der Waals surface area contributed by atoms with Crippen LogP contribution in [0.1, 0.15) is 19.5 Å². The molecular formula is C9H11ClN. The van der Waals surface area contributed by atoms with Gasteiger partial charge >= 0.3 is 0 Å². The van der Waals surface area contributed by atoms with Crippen molar-refractivity contribution in [1.29, 1.82) is 0 Å². The second-order valence-electron chi connectivity index (χ2n) is 2.78. The fourth-order valence-electron chi connectivity index (χ4n) is 0.836. The van der Waals surface area contributed by atoms with Crippen molar-refractivity contribution in [2.24, 2.45) is 5.92 Å². The van der Waals surface area contributed by atoms with E-state index < -0.39 is 0 Å². The van der Waals surface area contributed by atoms with Crippen LogP contribution in [-0.2, 0) is 0 Å². The van der Waals surface area contributed by atoms with Crippen molar-refractivity contribution in [3.05, 3.63) is 35.5 Å². The molecule has 1 aromatic rings. The molecule has 0 atom stereocenters. The minimum absolute atomic E-state index is 0.488. The van der Waals surface area contributed by atoms with Gasteiger partial charge in [-0.05, 0) is 18.1 Å². The molecule has 0 aromatic carbocycles. The lowest BCUT2D eigenvalue weighted by Gasteiger charge is -2.03. The van der Waals surface area contributed by atoms with Gasteiger partial charge in [-0.25, -0.2) is 0 Å². The van der Waals surface area contributed by atoms with Gasteiger partial charge in [0.15, 0.2) is 0 Å². The van der Waals surface area contributed by atoms with E-state index in [1.165, 1.54) is 0 Å². The monoisotopic (exact) mass is 168 g/mol. The Bertz CT molecular complexity index is 233. The van der Waals surface area contributed by atoms with Gasteiger partial charge in [-0.1, -0.05) is 25.4 Å². The number of hydrogen-bond donors (Lipinski definition) is 0. The number of aromatic nitrogens is 1. The fraction of sp³-hybridized carbons (Fsp3) is 0.333. The van der Waals surface area contributed by atoms with Gasteiger partial charge < -0.3 is 0 Å². The van der Waals surface area contributed by atoms with Crippen molar-refractivity contribution in [1.82, 2.24) is 4.98 Å². The molecule has 1 aromatic heterocycles. The summed E-state index contributed by atoms with van der Waals surface area (Å²) in [5.41, 5.74) is 0.879. The zero-order valence-electron chi connectivity index (χ0n) is 6.71. The molecule has 0 amide bonds. The van der Waals surface area contributed by atoms with Crippen LogP contribution in [0.2, 0.25) is 5.02 Å². The van der Waals surface area contributed by atoms with Gasteiger partial charge in [-0.3, -0.25) is 4.98 Å². The van der Waals surface area contributed by atoms with E-state index in [1.807, 2.05) is 18.6 Å². The highest BCUT2D eigenvalue weighted by Gasteiger charge is 2.02. The molecule has 1 rings (SSSR count). The van der Waals surface area contributed by atoms with E-state index in [2.05, 4.69) is 18.8 Å². The molecule has 0 saturated heterocycles. The van der Waals surface area contributed by atoms with Crippen LogP contribution in [0.25, 0.3) is 0 Å². The molecule has 1 heterocycles. The van der Waals surface area contributed by atoms with Crippen LogP contribution < -0.4 is 0 Å². The second-order valence-corrected chi connectivity index (χ2v) is 3.19. The Morgan fingerprint density at radius 2 is 2.27 bits per heavy atom. The maximum absolute atomic E-state index is 5.87. The lowest BCUT2D eigenvalue weighted by molar-refractivity contribution is 0.767. The summed E-state index contributed by atoms with van der Waals surface area (Å²) in [6.07, 6.45) is 3.79. The molecule has 0 N–H and O–H groups in total. The average Bonchev–Trinajstić information content (AvgIpc) is 1.93. The van der Waals surface area contributed by atoms with E-state index in [9.17, 15) is 0 Å². The van der Waals surface area contributed by atoms with E-state index in [0.717, 1.165) is 10.7 Å². The normalized spacial score (nSPS) is 10.5. The zero-order chi connectivity index (χ0) is 8.27. The summed E-state index contributed by atoms with van der Waals surface area (Å²) >= 11 is 5.87. The Hall–Kier alpha value is -0.560. The molecule has 0 aliphatic rings. The minimum Gasteiger partial charge on any atom is -0.259 e. The molecule has 1 radical (unpaired) electrons. The van der Waals surface area contributed by atoms with Crippen molar-refractivity contribution in [2.75, 3.05) is 0 Å². The number of hydrogen-bond acceptors (Lipinski definition) is 1. The fourth-order valence-corrected chi connectivity index (χ4v) is 1.02. The van der Waals surface area contributed by atoms with Crippen LogP contribution in [0.15, 0.2) is 18.3 Å². The summed E-state index contributed by atoms with van der Waals surface area (Å²) < 4.78 is 0. The number of halogens is 1. The van der Waals surface area contributed by atoms with Crippen LogP contribution in [0.3, 0.4) is 0 Å². The standard InChI is InChI=1S/C9H11ClN/c1-7(2)6-9-8(10)4-3-5-11-9/h3-7H,1-2H3. The van der Waals surface area contributed by atoms with Gasteiger partial charge in [0.1, 0.15) is 0 Å². The third kappa shape index (κ3) is 2.51. The van der Waals surface area contributed by atoms with Crippen molar-refractivity contribution >= 4 is 11.6 Å². The van der Waals surface area contributed by atoms with E-state index in [0.29, 0.717) is 5.92 Å². The first kappa shape index (κ1) is 8.54. The zero-order valence-corrected chi connectivity index (χ0v) is 7.47. The molecule has 0 saturated carbocycles. The van der Waals surface area contributed by atoms with Gasteiger partial charge in [0, 0.05) is 12.6 Å². The SMILES string of the molecule is CC(C)[CH]c1ncccc1Cl.